The van der Waals surface area contributed by atoms with Crippen LogP contribution in [0.1, 0.15) is 18.4 Å². The molecule has 0 saturated carbocycles. The number of hydrogen-bond donors (Lipinski definition) is 0. The molecule has 5 nitrogen and oxygen atoms in total. The summed E-state index contributed by atoms with van der Waals surface area (Å²) in [6.07, 6.45) is 2.87. The van der Waals surface area contributed by atoms with Gasteiger partial charge in [-0.1, -0.05) is 35.5 Å². The van der Waals surface area contributed by atoms with Crippen molar-refractivity contribution in [3.05, 3.63) is 40.8 Å². The maximum Gasteiger partial charge on any atom is 0.107 e. The van der Waals surface area contributed by atoms with Crippen LogP contribution >= 0.6 is 0 Å². The summed E-state index contributed by atoms with van der Waals surface area (Å²) >= 11 is 0. The number of nitrogens with zero attached hydrogens (tertiary/aromatic N) is 2. The summed E-state index contributed by atoms with van der Waals surface area (Å²) in [6, 6.07) is 10.3. The molecule has 124 valence electrons. The second-order valence-electron chi connectivity index (χ2n) is 6.20. The first-order chi connectivity index (χ1) is 10.6. The smallest absolute Gasteiger partial charge is 0.107 e. The van der Waals surface area contributed by atoms with Crippen LogP contribution in [0.25, 0.3) is 0 Å². The summed E-state index contributed by atoms with van der Waals surface area (Å²) < 4.78 is 12.6. The lowest BCUT2D eigenvalue weighted by Gasteiger charge is -2.37. The highest BCUT2D eigenvalue weighted by atomic mass is 16.5. The van der Waals surface area contributed by atoms with Crippen molar-refractivity contribution < 1.29 is 14.0 Å². The number of likely N-dealkylation sites (N-methyl/N-ethyl adjacent to an activating group) is 1. The third-order valence-electron chi connectivity index (χ3n) is 3.68. The molecule has 0 aliphatic carbocycles. The zero-order chi connectivity index (χ0) is 16.3. The molecule has 1 heterocycles. The quantitative estimate of drug-likeness (QED) is 0.461. The monoisotopic (exact) mass is 309 g/mol. The number of benzene rings is 1. The molecule has 1 aliphatic heterocycles. The van der Waals surface area contributed by atoms with E-state index in [1.165, 1.54) is 32.0 Å². The predicted octanol–water partition coefficient (Wildman–Crippen LogP) is 2.84. The van der Waals surface area contributed by atoms with Gasteiger partial charge in [-0.3, -0.25) is 0 Å². The summed E-state index contributed by atoms with van der Waals surface area (Å²) in [4.78, 5) is 8.56. The van der Waals surface area contributed by atoms with Gasteiger partial charge in [-0.05, 0) is 18.4 Å². The van der Waals surface area contributed by atoms with Crippen LogP contribution in [0.3, 0.4) is 0 Å². The standard InChI is InChI=1S/C16H26NO2.CH3NO/c1-17(2)10-6-9-16(13-17)19-12-11-18-14-15-7-4-3-5-8-15;1-2-3/h3-5,7-8,16H,6,9-14H2,1-2H3;1H3/q+1;. The van der Waals surface area contributed by atoms with E-state index in [0.29, 0.717) is 25.9 Å². The Morgan fingerprint density at radius 1 is 1.23 bits per heavy atom. The number of nitroso groups, excluding NO2 is 1. The van der Waals surface area contributed by atoms with Gasteiger partial charge in [-0.2, -0.15) is 4.91 Å². The number of ether oxygens (including phenoxy) is 2. The molecular weight excluding hydrogens is 280 g/mol. The minimum atomic E-state index is 0.407. The molecule has 0 N–H and O–H groups in total. The predicted molar refractivity (Wildman–Crippen MR) is 88.6 cm³/mol. The van der Waals surface area contributed by atoms with Crippen LogP contribution in [0, 0.1) is 4.91 Å². The molecule has 0 spiro atoms. The van der Waals surface area contributed by atoms with Gasteiger partial charge in [-0.25, -0.2) is 0 Å². The van der Waals surface area contributed by atoms with Crippen LogP contribution in [-0.2, 0) is 16.1 Å². The Kier molecular flexibility index (Phi) is 8.89. The van der Waals surface area contributed by atoms with Crippen LogP contribution in [0.2, 0.25) is 0 Å². The molecule has 22 heavy (non-hydrogen) atoms. The average Bonchev–Trinajstić information content (AvgIpc) is 2.48. The van der Waals surface area contributed by atoms with Gasteiger partial charge in [0.15, 0.2) is 0 Å². The van der Waals surface area contributed by atoms with Gasteiger partial charge in [0.25, 0.3) is 0 Å². The maximum atomic E-state index is 8.56. The molecule has 0 amide bonds. The zero-order valence-electron chi connectivity index (χ0n) is 14.0. The summed E-state index contributed by atoms with van der Waals surface area (Å²) in [5.74, 6) is 0. The van der Waals surface area contributed by atoms with Crippen LogP contribution < -0.4 is 0 Å². The number of piperidine rings is 1. The van der Waals surface area contributed by atoms with Crippen LogP contribution in [0.4, 0.5) is 0 Å². The molecule has 0 aromatic heterocycles. The highest BCUT2D eigenvalue weighted by molar-refractivity contribution is 5.13. The third-order valence-corrected chi connectivity index (χ3v) is 3.68. The fourth-order valence-electron chi connectivity index (χ4n) is 2.65. The van der Waals surface area contributed by atoms with E-state index in [4.69, 9.17) is 14.4 Å². The Morgan fingerprint density at radius 2 is 1.91 bits per heavy atom. The second-order valence-corrected chi connectivity index (χ2v) is 6.20. The molecular formula is C17H29N2O3+. The summed E-state index contributed by atoms with van der Waals surface area (Å²) in [5, 5.41) is 2.25. The van der Waals surface area contributed by atoms with Crippen molar-refractivity contribution in [2.75, 3.05) is 47.4 Å². The molecule has 1 saturated heterocycles. The van der Waals surface area contributed by atoms with Gasteiger partial charge in [0.2, 0.25) is 0 Å². The first-order valence-corrected chi connectivity index (χ1v) is 7.84. The Balaban J connectivity index is 0.000000745. The van der Waals surface area contributed by atoms with Crippen LogP contribution in [0.15, 0.2) is 35.5 Å². The fraction of sp³-hybridized carbons (Fsp3) is 0.647. The van der Waals surface area contributed by atoms with E-state index < -0.39 is 0 Å². The van der Waals surface area contributed by atoms with Crippen molar-refractivity contribution >= 4 is 0 Å². The van der Waals surface area contributed by atoms with Crippen molar-refractivity contribution in [2.45, 2.75) is 25.6 Å². The molecule has 1 unspecified atom stereocenters. The lowest BCUT2D eigenvalue weighted by atomic mass is 10.1. The Labute approximate surface area is 133 Å². The first-order valence-electron chi connectivity index (χ1n) is 7.84. The molecule has 0 bridgehead atoms. The highest BCUT2D eigenvalue weighted by Crippen LogP contribution is 2.16. The number of hydrogen-bond acceptors (Lipinski definition) is 4. The van der Waals surface area contributed by atoms with E-state index in [2.05, 4.69) is 31.4 Å². The summed E-state index contributed by atoms with van der Waals surface area (Å²) in [7, 11) is 5.75. The maximum absolute atomic E-state index is 8.56. The minimum absolute atomic E-state index is 0.407. The SMILES string of the molecule is CN=O.C[N+]1(C)CCCC(OCCOCc2ccccc2)C1. The summed E-state index contributed by atoms with van der Waals surface area (Å²) in [5.41, 5.74) is 1.22. The van der Waals surface area contributed by atoms with E-state index in [-0.39, 0.29) is 0 Å². The largest absolute Gasteiger partial charge is 0.374 e. The van der Waals surface area contributed by atoms with E-state index in [0.717, 1.165) is 11.0 Å². The number of rotatable bonds is 6. The van der Waals surface area contributed by atoms with Crippen molar-refractivity contribution in [1.82, 2.24) is 0 Å². The molecule has 1 atom stereocenters. The van der Waals surface area contributed by atoms with E-state index in [1.54, 1.807) is 0 Å². The zero-order valence-corrected chi connectivity index (χ0v) is 14.0. The van der Waals surface area contributed by atoms with E-state index in [1.807, 2.05) is 18.2 Å². The minimum Gasteiger partial charge on any atom is -0.374 e. The Hall–Kier alpha value is -1.30. The van der Waals surface area contributed by atoms with Crippen molar-refractivity contribution in [2.24, 2.45) is 5.18 Å². The molecule has 1 fully saturated rings. The van der Waals surface area contributed by atoms with Gasteiger partial charge >= 0.3 is 0 Å². The van der Waals surface area contributed by atoms with Crippen molar-refractivity contribution in [3.63, 3.8) is 0 Å². The lowest BCUT2D eigenvalue weighted by Crippen LogP contribution is -2.50. The Bertz CT molecular complexity index is 410. The second kappa shape index (κ2) is 10.4. The van der Waals surface area contributed by atoms with Gasteiger partial charge in [0.1, 0.15) is 12.6 Å². The highest BCUT2D eigenvalue weighted by Gasteiger charge is 2.27. The number of likely N-dealkylation sites (tertiary alicyclic amines) is 1. The van der Waals surface area contributed by atoms with Crippen molar-refractivity contribution in [1.29, 1.82) is 0 Å². The molecule has 1 aromatic carbocycles. The Morgan fingerprint density at radius 3 is 2.55 bits per heavy atom. The van der Waals surface area contributed by atoms with E-state index in [9.17, 15) is 0 Å². The first kappa shape index (κ1) is 18.7. The van der Waals surface area contributed by atoms with Gasteiger partial charge in [0.05, 0.1) is 47.5 Å². The lowest BCUT2D eigenvalue weighted by molar-refractivity contribution is -0.898. The van der Waals surface area contributed by atoms with E-state index >= 15 is 0 Å². The molecule has 1 aliphatic rings. The summed E-state index contributed by atoms with van der Waals surface area (Å²) in [6.45, 7) is 4.45. The average molecular weight is 309 g/mol. The van der Waals surface area contributed by atoms with Gasteiger partial charge < -0.3 is 14.0 Å². The molecule has 0 radical (unpaired) electrons. The molecule has 1 aromatic rings. The fourth-order valence-corrected chi connectivity index (χ4v) is 2.65. The van der Waals surface area contributed by atoms with Gasteiger partial charge in [0, 0.05) is 0 Å². The van der Waals surface area contributed by atoms with Gasteiger partial charge in [-0.15, -0.1) is 0 Å². The topological polar surface area (TPSA) is 47.9 Å². The van der Waals surface area contributed by atoms with Crippen molar-refractivity contribution in [3.8, 4) is 0 Å². The third kappa shape index (κ3) is 8.22. The normalized spacial score (nSPS) is 19.9. The number of quaternary nitrogens is 1. The van der Waals surface area contributed by atoms with Crippen LogP contribution in [-0.4, -0.2) is 58.0 Å². The molecule has 5 heteroatoms. The van der Waals surface area contributed by atoms with Crippen LogP contribution in [0.5, 0.6) is 0 Å². The molecule has 2 rings (SSSR count).